The molecular formula is C18H18N2O5S2. The normalized spacial score (nSPS) is 17.3. The van der Waals surface area contributed by atoms with Crippen molar-refractivity contribution in [2.45, 2.75) is 17.2 Å². The molecule has 27 heavy (non-hydrogen) atoms. The molecule has 1 aromatic heterocycles. The summed E-state index contributed by atoms with van der Waals surface area (Å²) in [6.45, 7) is 1.92. The number of benzene rings is 1. The van der Waals surface area contributed by atoms with Gasteiger partial charge in [-0.05, 0) is 23.9 Å². The molecule has 2 amide bonds. The molecule has 1 aromatic carbocycles. The maximum absolute atomic E-state index is 12.7. The molecule has 0 spiro atoms. The largest absolute Gasteiger partial charge is 0.466 e. The van der Waals surface area contributed by atoms with E-state index in [4.69, 9.17) is 4.74 Å². The van der Waals surface area contributed by atoms with Gasteiger partial charge in [-0.2, -0.15) is 0 Å². The first-order valence-corrected chi connectivity index (χ1v) is 10.6. The predicted octanol–water partition coefficient (Wildman–Crippen LogP) is 2.31. The predicted molar refractivity (Wildman–Crippen MR) is 101 cm³/mol. The molecule has 0 fully saturated rings. The van der Waals surface area contributed by atoms with Crippen LogP contribution in [0.5, 0.6) is 0 Å². The number of urea groups is 1. The van der Waals surface area contributed by atoms with Crippen LogP contribution in [0.1, 0.15) is 17.2 Å². The van der Waals surface area contributed by atoms with Crippen molar-refractivity contribution < 1.29 is 22.7 Å². The van der Waals surface area contributed by atoms with E-state index in [1.165, 1.54) is 13.2 Å². The summed E-state index contributed by atoms with van der Waals surface area (Å²) in [6, 6.07) is 8.98. The van der Waals surface area contributed by atoms with Gasteiger partial charge in [0.05, 0.1) is 24.5 Å². The number of methoxy groups -OCH3 is 1. The number of nitrogens with one attached hydrogen (secondary N) is 2. The molecular weight excluding hydrogens is 388 g/mol. The molecule has 7 nitrogen and oxygen atoms in total. The highest BCUT2D eigenvalue weighted by atomic mass is 32.2. The summed E-state index contributed by atoms with van der Waals surface area (Å²) in [4.78, 5) is 24.6. The van der Waals surface area contributed by atoms with Crippen LogP contribution in [0.4, 0.5) is 4.79 Å². The van der Waals surface area contributed by atoms with Crippen LogP contribution < -0.4 is 10.6 Å². The van der Waals surface area contributed by atoms with E-state index < -0.39 is 33.6 Å². The number of hydrogen-bond donors (Lipinski definition) is 2. The molecule has 1 aliphatic heterocycles. The Labute approximate surface area is 161 Å². The third-order valence-corrected chi connectivity index (χ3v) is 7.24. The van der Waals surface area contributed by atoms with Crippen molar-refractivity contribution in [3.63, 3.8) is 0 Å². The average molecular weight is 406 g/mol. The maximum Gasteiger partial charge on any atom is 0.338 e. The maximum atomic E-state index is 12.7. The lowest BCUT2D eigenvalue weighted by Gasteiger charge is -2.29. The van der Waals surface area contributed by atoms with Crippen molar-refractivity contribution in [3.8, 4) is 0 Å². The van der Waals surface area contributed by atoms with Gasteiger partial charge < -0.3 is 15.4 Å². The Hall–Kier alpha value is -2.65. The highest BCUT2D eigenvalue weighted by Crippen LogP contribution is 2.30. The minimum absolute atomic E-state index is 0.0181. The van der Waals surface area contributed by atoms with E-state index in [0.29, 0.717) is 5.56 Å². The third kappa shape index (κ3) is 4.04. The first-order valence-electron chi connectivity index (χ1n) is 8.03. The number of aryl methyl sites for hydroxylation is 1. The van der Waals surface area contributed by atoms with Crippen LogP contribution in [0.25, 0.3) is 0 Å². The first-order chi connectivity index (χ1) is 12.8. The Bertz CT molecular complexity index is 993. The molecule has 3 rings (SSSR count). The Morgan fingerprint density at radius 2 is 1.93 bits per heavy atom. The second-order valence-electron chi connectivity index (χ2n) is 6.02. The lowest BCUT2D eigenvalue weighted by Crippen LogP contribution is -2.47. The molecule has 1 unspecified atom stereocenters. The zero-order valence-electron chi connectivity index (χ0n) is 14.7. The Kier molecular flexibility index (Phi) is 5.33. The molecule has 9 heteroatoms. The smallest absolute Gasteiger partial charge is 0.338 e. The van der Waals surface area contributed by atoms with Gasteiger partial charge in [0.25, 0.3) is 0 Å². The standard InChI is InChI=1S/C18H18N2O5S2/c1-11-5-7-12(8-6-11)16-15(17(21)25-2)13(19-18(22)20-16)10-27(23,24)14-4-3-9-26-14/h3-9,16H,10H2,1-2H3,(H2,19,20,22). The van der Waals surface area contributed by atoms with Gasteiger partial charge in [0, 0.05) is 5.70 Å². The van der Waals surface area contributed by atoms with Gasteiger partial charge in [-0.1, -0.05) is 35.9 Å². The molecule has 0 radical (unpaired) electrons. The second kappa shape index (κ2) is 7.53. The second-order valence-corrected chi connectivity index (χ2v) is 9.18. The SMILES string of the molecule is COC(=O)C1=C(CS(=O)(=O)c2cccs2)NC(=O)NC1c1ccc(C)cc1. The Morgan fingerprint density at radius 3 is 2.52 bits per heavy atom. The van der Waals surface area contributed by atoms with Crippen LogP contribution in [0.3, 0.4) is 0 Å². The number of ether oxygens (including phenoxy) is 1. The molecule has 0 bridgehead atoms. The highest BCUT2D eigenvalue weighted by molar-refractivity contribution is 7.93. The molecule has 0 saturated heterocycles. The van der Waals surface area contributed by atoms with Gasteiger partial charge in [-0.15, -0.1) is 11.3 Å². The molecule has 2 aromatic rings. The van der Waals surface area contributed by atoms with Crippen LogP contribution in [0, 0.1) is 6.92 Å². The van der Waals surface area contributed by atoms with Gasteiger partial charge in [-0.3, -0.25) is 0 Å². The molecule has 1 aliphatic rings. The van der Waals surface area contributed by atoms with E-state index in [0.717, 1.165) is 16.9 Å². The third-order valence-electron chi connectivity index (χ3n) is 4.11. The van der Waals surface area contributed by atoms with Gasteiger partial charge in [0.15, 0.2) is 9.84 Å². The van der Waals surface area contributed by atoms with Crippen molar-refractivity contribution in [2.75, 3.05) is 12.9 Å². The van der Waals surface area contributed by atoms with Crippen LogP contribution in [0.15, 0.2) is 57.3 Å². The minimum Gasteiger partial charge on any atom is -0.466 e. The van der Waals surface area contributed by atoms with Gasteiger partial charge in [-0.25, -0.2) is 18.0 Å². The van der Waals surface area contributed by atoms with E-state index in [1.807, 2.05) is 19.1 Å². The summed E-state index contributed by atoms with van der Waals surface area (Å²) in [7, 11) is -2.50. The Balaban J connectivity index is 2.09. The number of esters is 1. The van der Waals surface area contributed by atoms with Gasteiger partial charge in [0.2, 0.25) is 0 Å². The van der Waals surface area contributed by atoms with E-state index in [2.05, 4.69) is 10.6 Å². The van der Waals surface area contributed by atoms with Gasteiger partial charge >= 0.3 is 12.0 Å². The van der Waals surface area contributed by atoms with E-state index in [1.54, 1.807) is 23.6 Å². The number of sulfone groups is 1. The molecule has 2 N–H and O–H groups in total. The number of hydrogen-bond acceptors (Lipinski definition) is 6. The molecule has 1 atom stereocenters. The lowest BCUT2D eigenvalue weighted by molar-refractivity contribution is -0.136. The fraction of sp³-hybridized carbons (Fsp3) is 0.222. The molecule has 0 aliphatic carbocycles. The number of amides is 2. The average Bonchev–Trinajstić information content (AvgIpc) is 3.16. The summed E-state index contributed by atoms with van der Waals surface area (Å²) in [5.74, 6) is -1.21. The number of carbonyl (C=O) groups excluding carboxylic acids is 2. The number of rotatable bonds is 5. The van der Waals surface area contributed by atoms with Crippen molar-refractivity contribution in [1.82, 2.24) is 10.6 Å². The van der Waals surface area contributed by atoms with Crippen LogP contribution >= 0.6 is 11.3 Å². The summed E-state index contributed by atoms with van der Waals surface area (Å²) in [5, 5.41) is 6.78. The van der Waals surface area contributed by atoms with E-state index >= 15 is 0 Å². The van der Waals surface area contributed by atoms with Crippen molar-refractivity contribution in [1.29, 1.82) is 0 Å². The van der Waals surface area contributed by atoms with Crippen LogP contribution in [-0.4, -0.2) is 33.3 Å². The zero-order valence-corrected chi connectivity index (χ0v) is 16.3. The fourth-order valence-electron chi connectivity index (χ4n) is 2.79. The lowest BCUT2D eigenvalue weighted by atomic mass is 9.95. The minimum atomic E-state index is -3.72. The quantitative estimate of drug-likeness (QED) is 0.742. The molecule has 2 heterocycles. The highest BCUT2D eigenvalue weighted by Gasteiger charge is 2.35. The topological polar surface area (TPSA) is 102 Å². The monoisotopic (exact) mass is 406 g/mol. The van der Waals surface area contributed by atoms with Crippen LogP contribution in [-0.2, 0) is 19.4 Å². The van der Waals surface area contributed by atoms with Crippen LogP contribution in [0.2, 0.25) is 0 Å². The van der Waals surface area contributed by atoms with E-state index in [-0.39, 0.29) is 15.5 Å². The number of thiophene rings is 1. The number of carbonyl (C=O) groups is 2. The van der Waals surface area contributed by atoms with Gasteiger partial charge in [0.1, 0.15) is 4.21 Å². The van der Waals surface area contributed by atoms with Crippen molar-refractivity contribution in [3.05, 3.63) is 64.2 Å². The van der Waals surface area contributed by atoms with Crippen molar-refractivity contribution in [2.24, 2.45) is 0 Å². The fourth-order valence-corrected chi connectivity index (χ4v) is 5.21. The first kappa shape index (κ1) is 19.1. The summed E-state index contributed by atoms with van der Waals surface area (Å²) < 4.78 is 30.4. The zero-order chi connectivity index (χ0) is 19.6. The Morgan fingerprint density at radius 1 is 1.22 bits per heavy atom. The molecule has 0 saturated carbocycles. The van der Waals surface area contributed by atoms with E-state index in [9.17, 15) is 18.0 Å². The van der Waals surface area contributed by atoms with Crippen molar-refractivity contribution >= 4 is 33.2 Å². The summed E-state index contributed by atoms with van der Waals surface area (Å²) >= 11 is 1.08. The molecule has 142 valence electrons. The summed E-state index contributed by atoms with van der Waals surface area (Å²) in [5.41, 5.74) is 1.76. The summed E-state index contributed by atoms with van der Waals surface area (Å²) in [6.07, 6.45) is 0.